The summed E-state index contributed by atoms with van der Waals surface area (Å²) < 4.78 is 24.7. The summed E-state index contributed by atoms with van der Waals surface area (Å²) in [6.45, 7) is 8.06. The van der Waals surface area contributed by atoms with Crippen LogP contribution in [0.15, 0.2) is 88.9 Å². The molecule has 0 spiro atoms. The maximum Gasteiger partial charge on any atom is 0.276 e. The molecule has 166 valence electrons. The Morgan fingerprint density at radius 3 is 2.12 bits per heavy atom. The van der Waals surface area contributed by atoms with Crippen LogP contribution in [0.1, 0.15) is 49.2 Å². The zero-order valence-corrected chi connectivity index (χ0v) is 19.4. The van der Waals surface area contributed by atoms with Crippen LogP contribution in [0, 0.1) is 0 Å². The van der Waals surface area contributed by atoms with Gasteiger partial charge < -0.3 is 5.32 Å². The highest BCUT2D eigenvalue weighted by Crippen LogP contribution is 2.22. The van der Waals surface area contributed by atoms with Crippen molar-refractivity contribution in [1.29, 1.82) is 0 Å². The second kappa shape index (κ2) is 9.36. The lowest BCUT2D eigenvalue weighted by Gasteiger charge is -2.19. The van der Waals surface area contributed by atoms with Gasteiger partial charge in [-0.3, -0.25) is 4.79 Å². The van der Waals surface area contributed by atoms with E-state index in [9.17, 15) is 13.2 Å². The number of carbonyl (C=O) groups excluding carboxylic acids is 1. The van der Waals surface area contributed by atoms with E-state index in [2.05, 4.69) is 36.0 Å². The van der Waals surface area contributed by atoms with Gasteiger partial charge in [-0.1, -0.05) is 63.2 Å². The van der Waals surface area contributed by atoms with Gasteiger partial charge in [-0.25, -0.2) is 0 Å². The van der Waals surface area contributed by atoms with Gasteiger partial charge >= 0.3 is 0 Å². The second-order valence-electron chi connectivity index (χ2n) is 8.47. The summed E-state index contributed by atoms with van der Waals surface area (Å²) >= 11 is 0. The van der Waals surface area contributed by atoms with Gasteiger partial charge in [0.25, 0.3) is 15.9 Å². The summed E-state index contributed by atoms with van der Waals surface area (Å²) in [4.78, 5) is 15.0. The van der Waals surface area contributed by atoms with Gasteiger partial charge in [-0.05, 0) is 59.9 Å². The summed E-state index contributed by atoms with van der Waals surface area (Å²) in [6.07, 6.45) is 0. The lowest BCUT2D eigenvalue weighted by molar-refractivity contribution is 0.102. The van der Waals surface area contributed by atoms with E-state index in [4.69, 9.17) is 0 Å². The number of hydrogen-bond acceptors (Lipinski definition) is 4. The quantitative estimate of drug-likeness (QED) is 0.413. The first kappa shape index (κ1) is 23.2. The molecule has 32 heavy (non-hydrogen) atoms. The van der Waals surface area contributed by atoms with E-state index in [1.807, 2.05) is 24.3 Å². The van der Waals surface area contributed by atoms with Crippen LogP contribution in [-0.4, -0.2) is 20.0 Å². The van der Waals surface area contributed by atoms with Crippen LogP contribution >= 0.6 is 0 Å². The second-order valence-corrected chi connectivity index (χ2v) is 10.1. The zero-order chi connectivity index (χ0) is 23.4. The van der Waals surface area contributed by atoms with E-state index in [0.29, 0.717) is 22.5 Å². The van der Waals surface area contributed by atoms with E-state index >= 15 is 0 Å². The van der Waals surface area contributed by atoms with Gasteiger partial charge in [0.2, 0.25) is 0 Å². The maximum atomic E-state index is 12.6. The molecule has 0 heterocycles. The Labute approximate surface area is 189 Å². The monoisotopic (exact) mass is 449 g/mol. The number of amides is 1. The number of nitrogens with zero attached hydrogens (tertiary/aromatic N) is 1. The molecule has 3 rings (SSSR count). The van der Waals surface area contributed by atoms with Gasteiger partial charge in [-0.2, -0.15) is 18.4 Å². The fourth-order valence-electron chi connectivity index (χ4n) is 2.99. The summed E-state index contributed by atoms with van der Waals surface area (Å²) in [7, 11) is -3.75. The molecule has 0 unspecified atom stereocenters. The summed E-state index contributed by atoms with van der Waals surface area (Å²) in [5.41, 5.74) is 3.47. The van der Waals surface area contributed by atoms with Gasteiger partial charge in [0, 0.05) is 11.3 Å². The maximum absolute atomic E-state index is 12.6. The predicted octanol–water partition coefficient (Wildman–Crippen LogP) is 4.94. The van der Waals surface area contributed by atoms with Gasteiger partial charge in [0.15, 0.2) is 0 Å². The van der Waals surface area contributed by atoms with Crippen LogP contribution in [0.4, 0.5) is 5.69 Å². The van der Waals surface area contributed by atoms with Gasteiger partial charge in [0.05, 0.1) is 10.6 Å². The molecule has 0 radical (unpaired) electrons. The van der Waals surface area contributed by atoms with Crippen molar-refractivity contribution < 1.29 is 13.2 Å². The molecule has 0 saturated heterocycles. The van der Waals surface area contributed by atoms with E-state index in [1.165, 1.54) is 12.1 Å². The van der Waals surface area contributed by atoms with Crippen molar-refractivity contribution in [3.8, 4) is 0 Å². The minimum absolute atomic E-state index is 0.0161. The van der Waals surface area contributed by atoms with E-state index < -0.39 is 10.0 Å². The number of hydrazone groups is 1. The largest absolute Gasteiger partial charge is 0.322 e. The normalized spacial score (nSPS) is 12.3. The fraction of sp³-hybridized carbons (Fsp3) is 0.200. The molecular weight excluding hydrogens is 422 g/mol. The molecule has 0 aliphatic carbocycles. The third-order valence-corrected chi connectivity index (χ3v) is 6.16. The zero-order valence-electron chi connectivity index (χ0n) is 18.6. The molecule has 0 atom stereocenters. The van der Waals surface area contributed by atoms with Crippen molar-refractivity contribution in [2.75, 3.05) is 5.32 Å². The molecule has 7 heteroatoms. The lowest BCUT2D eigenvalue weighted by Crippen LogP contribution is -2.20. The summed E-state index contributed by atoms with van der Waals surface area (Å²) in [5.74, 6) is -0.220. The number of rotatable bonds is 6. The Morgan fingerprint density at radius 1 is 0.844 bits per heavy atom. The van der Waals surface area contributed by atoms with Crippen molar-refractivity contribution in [3.05, 3.63) is 95.6 Å². The summed E-state index contributed by atoms with van der Waals surface area (Å²) in [5, 5.41) is 6.90. The number of sulfonamides is 1. The van der Waals surface area contributed by atoms with Crippen molar-refractivity contribution in [2.24, 2.45) is 5.10 Å². The molecule has 0 saturated carbocycles. The van der Waals surface area contributed by atoms with Crippen LogP contribution in [0.25, 0.3) is 0 Å². The first-order valence-corrected chi connectivity index (χ1v) is 11.7. The minimum atomic E-state index is -3.75. The molecular formula is C25H27N3O3S. The molecule has 0 aliphatic rings. The molecule has 3 aromatic carbocycles. The topological polar surface area (TPSA) is 87.6 Å². The Bertz CT molecular complexity index is 1230. The number of anilines is 1. The molecule has 1 amide bonds. The Morgan fingerprint density at radius 2 is 1.50 bits per heavy atom. The van der Waals surface area contributed by atoms with Crippen LogP contribution in [0.2, 0.25) is 0 Å². The fourth-order valence-corrected chi connectivity index (χ4v) is 3.87. The average Bonchev–Trinajstić information content (AvgIpc) is 2.78. The van der Waals surface area contributed by atoms with E-state index in [1.54, 1.807) is 49.4 Å². The average molecular weight is 450 g/mol. The van der Waals surface area contributed by atoms with Crippen LogP contribution in [-0.2, 0) is 15.4 Å². The van der Waals surface area contributed by atoms with Crippen LogP contribution < -0.4 is 10.1 Å². The Balaban J connectivity index is 1.72. The smallest absolute Gasteiger partial charge is 0.276 e. The highest BCUT2D eigenvalue weighted by molar-refractivity contribution is 7.89. The van der Waals surface area contributed by atoms with Crippen LogP contribution in [0.5, 0.6) is 0 Å². The number of hydrogen-bond donors (Lipinski definition) is 2. The molecule has 0 aliphatic heterocycles. The van der Waals surface area contributed by atoms with Gasteiger partial charge in [0.1, 0.15) is 0 Å². The van der Waals surface area contributed by atoms with Crippen molar-refractivity contribution >= 4 is 27.3 Å². The third-order valence-electron chi connectivity index (χ3n) is 4.94. The third kappa shape index (κ3) is 5.82. The number of nitrogens with one attached hydrogen (secondary N) is 2. The first-order valence-electron chi connectivity index (χ1n) is 10.2. The number of carbonyl (C=O) groups is 1. The molecule has 6 nitrogen and oxygen atoms in total. The Kier molecular flexibility index (Phi) is 6.79. The predicted molar refractivity (Wildman–Crippen MR) is 129 cm³/mol. The van der Waals surface area contributed by atoms with Crippen molar-refractivity contribution in [2.45, 2.75) is 38.0 Å². The number of benzene rings is 3. The molecule has 3 aromatic rings. The molecule has 0 fully saturated rings. The van der Waals surface area contributed by atoms with E-state index in [-0.39, 0.29) is 16.2 Å². The minimum Gasteiger partial charge on any atom is -0.322 e. The molecule has 0 aromatic heterocycles. The highest BCUT2D eigenvalue weighted by Gasteiger charge is 2.15. The highest BCUT2D eigenvalue weighted by atomic mass is 32.2. The van der Waals surface area contributed by atoms with Gasteiger partial charge in [-0.15, -0.1) is 0 Å². The van der Waals surface area contributed by atoms with Crippen molar-refractivity contribution in [3.63, 3.8) is 0 Å². The van der Waals surface area contributed by atoms with E-state index in [0.717, 1.165) is 5.56 Å². The molecule has 2 N–H and O–H groups in total. The van der Waals surface area contributed by atoms with Crippen molar-refractivity contribution in [1.82, 2.24) is 4.83 Å². The lowest BCUT2D eigenvalue weighted by atomic mass is 9.87. The molecule has 0 bridgehead atoms. The standard InChI is InChI=1S/C25H27N3O3S/c1-18(27-28-32(30,31)23-11-6-5-7-12-23)20-9-8-10-22(17-20)26-24(29)19-13-15-21(16-14-19)25(2,3)4/h5-17,28H,1-4H3,(H,26,29)/b27-18-. The summed E-state index contributed by atoms with van der Waals surface area (Å²) in [6, 6.07) is 22.7. The Hall–Kier alpha value is -3.45. The first-order chi connectivity index (χ1) is 15.1. The SMILES string of the molecule is C/C(=N/NS(=O)(=O)c1ccccc1)c1cccc(NC(=O)c2ccc(C(C)(C)C)cc2)c1. The van der Waals surface area contributed by atoms with Crippen LogP contribution in [0.3, 0.4) is 0 Å².